The molecule has 0 aliphatic carbocycles. The molecule has 1 aromatic carbocycles. The molecule has 0 aliphatic heterocycles. The standard InChI is InChI=1S/C14H22Cl2N2O2S/c1-6-14(2,3)18(5)21(19,20)12-8-7-11(15)10(9-17-4)13(12)16/h7-8,17H,6,9H2,1-5H3. The average molecular weight is 353 g/mol. The summed E-state index contributed by atoms with van der Waals surface area (Å²) in [5, 5.41) is 3.56. The van der Waals surface area contributed by atoms with Gasteiger partial charge in [0.05, 0.1) is 5.02 Å². The zero-order valence-corrected chi connectivity index (χ0v) is 15.3. The summed E-state index contributed by atoms with van der Waals surface area (Å²) < 4.78 is 27.0. The Morgan fingerprint density at radius 3 is 2.33 bits per heavy atom. The highest BCUT2D eigenvalue weighted by atomic mass is 35.5. The van der Waals surface area contributed by atoms with Crippen LogP contribution in [0.5, 0.6) is 0 Å². The van der Waals surface area contributed by atoms with E-state index in [0.717, 1.165) is 0 Å². The van der Waals surface area contributed by atoms with Gasteiger partial charge in [-0.1, -0.05) is 30.1 Å². The summed E-state index contributed by atoms with van der Waals surface area (Å²) in [6, 6.07) is 3.03. The van der Waals surface area contributed by atoms with E-state index in [0.29, 0.717) is 23.6 Å². The molecule has 0 aromatic heterocycles. The Kier molecular flexibility index (Phi) is 6.09. The topological polar surface area (TPSA) is 49.4 Å². The molecule has 0 amide bonds. The maximum atomic E-state index is 12.8. The van der Waals surface area contributed by atoms with Gasteiger partial charge in [-0.3, -0.25) is 0 Å². The second-order valence-electron chi connectivity index (χ2n) is 5.51. The largest absolute Gasteiger partial charge is 0.316 e. The first-order chi connectivity index (χ1) is 9.59. The molecule has 0 saturated carbocycles. The molecule has 0 aliphatic rings. The monoisotopic (exact) mass is 352 g/mol. The Hall–Kier alpha value is -0.330. The smallest absolute Gasteiger partial charge is 0.244 e. The zero-order valence-electron chi connectivity index (χ0n) is 13.0. The van der Waals surface area contributed by atoms with Crippen molar-refractivity contribution in [3.63, 3.8) is 0 Å². The van der Waals surface area contributed by atoms with Crippen LogP contribution in [0.25, 0.3) is 0 Å². The van der Waals surface area contributed by atoms with E-state index in [2.05, 4.69) is 5.32 Å². The Morgan fingerprint density at radius 2 is 1.86 bits per heavy atom. The summed E-state index contributed by atoms with van der Waals surface area (Å²) >= 11 is 12.4. The Labute approximate surface area is 137 Å². The van der Waals surface area contributed by atoms with Crippen LogP contribution in [0.4, 0.5) is 0 Å². The Balaban J connectivity index is 3.43. The lowest BCUT2D eigenvalue weighted by molar-refractivity contribution is 0.257. The molecule has 0 heterocycles. The van der Waals surface area contributed by atoms with E-state index in [1.165, 1.54) is 10.4 Å². The van der Waals surface area contributed by atoms with E-state index in [-0.39, 0.29) is 9.92 Å². The van der Waals surface area contributed by atoms with Crippen LogP contribution in [0.15, 0.2) is 17.0 Å². The van der Waals surface area contributed by atoms with Gasteiger partial charge in [0.25, 0.3) is 0 Å². The van der Waals surface area contributed by atoms with Crippen molar-refractivity contribution in [3.8, 4) is 0 Å². The van der Waals surface area contributed by atoms with Gasteiger partial charge in [0.2, 0.25) is 10.0 Å². The molecular weight excluding hydrogens is 331 g/mol. The Morgan fingerprint density at radius 1 is 1.29 bits per heavy atom. The molecular formula is C14H22Cl2N2O2S. The summed E-state index contributed by atoms with van der Waals surface area (Å²) in [4.78, 5) is 0.0860. The fourth-order valence-electron chi connectivity index (χ4n) is 1.81. The van der Waals surface area contributed by atoms with Crippen LogP contribution in [-0.2, 0) is 16.6 Å². The maximum absolute atomic E-state index is 12.8. The quantitative estimate of drug-likeness (QED) is 0.851. The number of hydrogen-bond acceptors (Lipinski definition) is 3. The van der Waals surface area contributed by atoms with Crippen LogP contribution >= 0.6 is 23.2 Å². The van der Waals surface area contributed by atoms with Crippen LogP contribution < -0.4 is 5.32 Å². The van der Waals surface area contributed by atoms with Crippen LogP contribution in [0.1, 0.15) is 32.8 Å². The predicted molar refractivity (Wildman–Crippen MR) is 88.5 cm³/mol. The van der Waals surface area contributed by atoms with E-state index >= 15 is 0 Å². The first-order valence-corrected chi connectivity index (χ1v) is 8.89. The second kappa shape index (κ2) is 6.84. The molecule has 1 N–H and O–H groups in total. The van der Waals surface area contributed by atoms with Crippen molar-refractivity contribution in [2.24, 2.45) is 0 Å². The summed E-state index contributed by atoms with van der Waals surface area (Å²) in [7, 11) is -0.361. The molecule has 21 heavy (non-hydrogen) atoms. The van der Waals surface area contributed by atoms with Crippen LogP contribution in [0.2, 0.25) is 10.0 Å². The van der Waals surface area contributed by atoms with Gasteiger partial charge in [-0.2, -0.15) is 4.31 Å². The number of rotatable bonds is 6. The number of nitrogens with zero attached hydrogens (tertiary/aromatic N) is 1. The van der Waals surface area contributed by atoms with Crippen LogP contribution in [0.3, 0.4) is 0 Å². The van der Waals surface area contributed by atoms with Gasteiger partial charge in [0.1, 0.15) is 4.90 Å². The number of sulfonamides is 1. The fourth-order valence-corrected chi connectivity index (χ4v) is 4.27. The van der Waals surface area contributed by atoms with E-state index < -0.39 is 15.6 Å². The number of hydrogen-bond donors (Lipinski definition) is 1. The molecule has 0 fully saturated rings. The molecule has 7 heteroatoms. The van der Waals surface area contributed by atoms with Crippen molar-refractivity contribution in [3.05, 3.63) is 27.7 Å². The SMILES string of the molecule is CCC(C)(C)N(C)S(=O)(=O)c1ccc(Cl)c(CNC)c1Cl. The van der Waals surface area contributed by atoms with Gasteiger partial charge in [-0.15, -0.1) is 0 Å². The highest BCUT2D eigenvalue weighted by molar-refractivity contribution is 7.89. The van der Waals surface area contributed by atoms with E-state index in [9.17, 15) is 8.42 Å². The van der Waals surface area contributed by atoms with Crippen molar-refractivity contribution in [2.75, 3.05) is 14.1 Å². The molecule has 4 nitrogen and oxygen atoms in total. The lowest BCUT2D eigenvalue weighted by Gasteiger charge is -2.34. The van der Waals surface area contributed by atoms with E-state index in [1.807, 2.05) is 20.8 Å². The lowest BCUT2D eigenvalue weighted by atomic mass is 10.0. The highest BCUT2D eigenvalue weighted by Gasteiger charge is 2.34. The molecule has 0 bridgehead atoms. The summed E-state index contributed by atoms with van der Waals surface area (Å²) in [6.07, 6.45) is 0.692. The van der Waals surface area contributed by atoms with Gasteiger partial charge in [0, 0.05) is 29.7 Å². The predicted octanol–water partition coefficient (Wildman–Crippen LogP) is 3.52. The summed E-state index contributed by atoms with van der Waals surface area (Å²) in [5.41, 5.74) is 0.0925. The molecule has 120 valence electrons. The summed E-state index contributed by atoms with van der Waals surface area (Å²) in [6.45, 7) is 6.11. The normalized spacial score (nSPS) is 13.0. The molecule has 0 saturated heterocycles. The fraction of sp³-hybridized carbons (Fsp3) is 0.571. The van der Waals surface area contributed by atoms with Crippen molar-refractivity contribution >= 4 is 33.2 Å². The number of halogens is 2. The van der Waals surface area contributed by atoms with Gasteiger partial charge in [0.15, 0.2) is 0 Å². The third kappa shape index (κ3) is 3.71. The average Bonchev–Trinajstić information content (AvgIpc) is 2.42. The molecule has 0 atom stereocenters. The van der Waals surface area contributed by atoms with Crippen molar-refractivity contribution in [2.45, 2.75) is 44.2 Å². The van der Waals surface area contributed by atoms with Crippen LogP contribution in [-0.4, -0.2) is 32.4 Å². The van der Waals surface area contributed by atoms with Gasteiger partial charge in [-0.25, -0.2) is 8.42 Å². The van der Waals surface area contributed by atoms with E-state index in [1.54, 1.807) is 20.2 Å². The maximum Gasteiger partial charge on any atom is 0.244 e. The minimum Gasteiger partial charge on any atom is -0.316 e. The third-order valence-electron chi connectivity index (χ3n) is 3.86. The first kappa shape index (κ1) is 18.7. The van der Waals surface area contributed by atoms with E-state index in [4.69, 9.17) is 23.2 Å². The van der Waals surface area contributed by atoms with Crippen molar-refractivity contribution in [1.82, 2.24) is 9.62 Å². The number of benzene rings is 1. The molecule has 0 radical (unpaired) electrons. The zero-order chi connectivity index (χ0) is 16.4. The number of nitrogens with one attached hydrogen (secondary N) is 1. The Bertz CT molecular complexity index is 616. The van der Waals surface area contributed by atoms with Crippen molar-refractivity contribution in [1.29, 1.82) is 0 Å². The first-order valence-electron chi connectivity index (χ1n) is 6.70. The second-order valence-corrected chi connectivity index (χ2v) is 8.23. The molecule has 0 spiro atoms. The van der Waals surface area contributed by atoms with Crippen molar-refractivity contribution < 1.29 is 8.42 Å². The minimum atomic E-state index is -3.68. The highest BCUT2D eigenvalue weighted by Crippen LogP contribution is 2.34. The molecule has 1 aromatic rings. The molecule has 1 rings (SSSR count). The van der Waals surface area contributed by atoms with Gasteiger partial charge in [-0.05, 0) is 39.4 Å². The minimum absolute atomic E-state index is 0.0860. The summed E-state index contributed by atoms with van der Waals surface area (Å²) in [5.74, 6) is 0. The third-order valence-corrected chi connectivity index (χ3v) is 6.87. The van der Waals surface area contributed by atoms with Crippen LogP contribution in [0, 0.1) is 0 Å². The molecule has 0 unspecified atom stereocenters. The lowest BCUT2D eigenvalue weighted by Crippen LogP contribution is -2.44. The van der Waals surface area contributed by atoms with Gasteiger partial charge < -0.3 is 5.32 Å². The van der Waals surface area contributed by atoms with Gasteiger partial charge >= 0.3 is 0 Å².